The van der Waals surface area contributed by atoms with Gasteiger partial charge < -0.3 is 0 Å². The molecule has 3 nitrogen and oxygen atoms in total. The summed E-state index contributed by atoms with van der Waals surface area (Å²) in [6, 6.07) is 0. The minimum atomic E-state index is 0.819. The summed E-state index contributed by atoms with van der Waals surface area (Å²) in [5, 5.41) is 4.17. The standard InChI is InChI=1S/C9H15N3/c1-4-7(3)8-6-9(10-5-2)12-11-8/h4H,5-6H2,1-3H3,(H,10,12)/b7-4+. The van der Waals surface area contributed by atoms with E-state index in [1.54, 1.807) is 0 Å². The first-order chi connectivity index (χ1) is 5.77. The van der Waals surface area contributed by atoms with Crippen LogP contribution in [0.5, 0.6) is 0 Å². The van der Waals surface area contributed by atoms with Crippen LogP contribution in [0.15, 0.2) is 21.7 Å². The molecule has 0 saturated heterocycles. The molecule has 0 fully saturated rings. The zero-order valence-electron chi connectivity index (χ0n) is 7.89. The monoisotopic (exact) mass is 165 g/mol. The highest BCUT2D eigenvalue weighted by molar-refractivity contribution is 6.14. The molecule has 0 aromatic carbocycles. The molecule has 0 unspecified atom stereocenters. The molecular formula is C9H15N3. The van der Waals surface area contributed by atoms with Crippen molar-refractivity contribution in [3.8, 4) is 0 Å². The van der Waals surface area contributed by atoms with E-state index in [2.05, 4.69) is 28.5 Å². The normalized spacial score (nSPS) is 21.1. The van der Waals surface area contributed by atoms with Gasteiger partial charge in [0.15, 0.2) is 0 Å². The van der Waals surface area contributed by atoms with Gasteiger partial charge in [0, 0.05) is 6.54 Å². The Morgan fingerprint density at radius 1 is 1.75 bits per heavy atom. The Morgan fingerprint density at radius 2 is 2.50 bits per heavy atom. The maximum Gasteiger partial charge on any atom is 0.123 e. The molecule has 1 heterocycles. The molecule has 0 spiro atoms. The van der Waals surface area contributed by atoms with E-state index in [4.69, 9.17) is 0 Å². The van der Waals surface area contributed by atoms with E-state index in [9.17, 15) is 0 Å². The molecule has 0 aliphatic carbocycles. The zero-order chi connectivity index (χ0) is 8.97. The second-order valence-electron chi connectivity index (χ2n) is 2.74. The summed E-state index contributed by atoms with van der Waals surface area (Å²) in [7, 11) is 0. The van der Waals surface area contributed by atoms with Gasteiger partial charge in [-0.1, -0.05) is 6.08 Å². The first-order valence-electron chi connectivity index (χ1n) is 4.27. The van der Waals surface area contributed by atoms with Crippen LogP contribution in [-0.2, 0) is 0 Å². The van der Waals surface area contributed by atoms with Gasteiger partial charge >= 0.3 is 0 Å². The lowest BCUT2D eigenvalue weighted by molar-refractivity contribution is 1.01. The third-order valence-corrected chi connectivity index (χ3v) is 1.89. The first kappa shape index (κ1) is 8.97. The fourth-order valence-electron chi connectivity index (χ4n) is 1.05. The summed E-state index contributed by atoms with van der Waals surface area (Å²) >= 11 is 0. The molecule has 0 saturated carbocycles. The lowest BCUT2D eigenvalue weighted by Gasteiger charge is -1.95. The molecule has 66 valence electrons. The Bertz CT molecular complexity index is 248. The predicted molar refractivity (Wildman–Crippen MR) is 52.6 cm³/mol. The van der Waals surface area contributed by atoms with E-state index < -0.39 is 0 Å². The van der Waals surface area contributed by atoms with Gasteiger partial charge in [-0.15, -0.1) is 0 Å². The number of nitrogens with zero attached hydrogens (tertiary/aromatic N) is 2. The third kappa shape index (κ3) is 1.94. The lowest BCUT2D eigenvalue weighted by atomic mass is 10.1. The molecular weight excluding hydrogens is 150 g/mol. The van der Waals surface area contributed by atoms with Crippen molar-refractivity contribution < 1.29 is 0 Å². The topological polar surface area (TPSA) is 36.8 Å². The van der Waals surface area contributed by atoms with Crippen molar-refractivity contribution in [3.63, 3.8) is 0 Å². The molecule has 1 aliphatic heterocycles. The van der Waals surface area contributed by atoms with Crippen LogP contribution in [0.2, 0.25) is 0 Å². The van der Waals surface area contributed by atoms with E-state index in [0.717, 1.165) is 24.5 Å². The van der Waals surface area contributed by atoms with Gasteiger partial charge in [0.05, 0.1) is 12.1 Å². The lowest BCUT2D eigenvalue weighted by Crippen LogP contribution is -2.11. The van der Waals surface area contributed by atoms with Crippen LogP contribution in [0.4, 0.5) is 0 Å². The van der Waals surface area contributed by atoms with E-state index >= 15 is 0 Å². The summed E-state index contributed by atoms with van der Waals surface area (Å²) in [5.74, 6) is 0.980. The maximum absolute atomic E-state index is 4.25. The van der Waals surface area contributed by atoms with Crippen LogP contribution >= 0.6 is 0 Å². The average Bonchev–Trinajstić information content (AvgIpc) is 2.52. The van der Waals surface area contributed by atoms with Gasteiger partial charge in [-0.3, -0.25) is 10.4 Å². The minimum absolute atomic E-state index is 0.819. The van der Waals surface area contributed by atoms with E-state index in [-0.39, 0.29) is 0 Å². The molecule has 1 aliphatic rings. The number of hydrogen-bond donors (Lipinski definition) is 1. The molecule has 0 bridgehead atoms. The molecule has 1 rings (SSSR count). The number of rotatable bonds is 2. The zero-order valence-corrected chi connectivity index (χ0v) is 7.89. The Labute approximate surface area is 73.3 Å². The third-order valence-electron chi connectivity index (χ3n) is 1.89. The van der Waals surface area contributed by atoms with E-state index in [1.807, 2.05) is 13.8 Å². The first-order valence-corrected chi connectivity index (χ1v) is 4.27. The number of hydrazone groups is 1. The second kappa shape index (κ2) is 4.04. The van der Waals surface area contributed by atoms with Gasteiger partial charge in [-0.05, 0) is 26.3 Å². The Hall–Kier alpha value is -1.12. The van der Waals surface area contributed by atoms with E-state index in [1.165, 1.54) is 5.57 Å². The molecule has 0 amide bonds. The molecule has 3 heteroatoms. The van der Waals surface area contributed by atoms with Crippen molar-refractivity contribution >= 4 is 11.5 Å². The van der Waals surface area contributed by atoms with Crippen molar-refractivity contribution in [2.45, 2.75) is 27.2 Å². The van der Waals surface area contributed by atoms with Crippen LogP contribution in [0, 0.1) is 0 Å². The van der Waals surface area contributed by atoms with Crippen molar-refractivity contribution in [1.82, 2.24) is 5.43 Å². The van der Waals surface area contributed by atoms with E-state index in [0.29, 0.717) is 0 Å². The van der Waals surface area contributed by atoms with Gasteiger partial charge in [0.25, 0.3) is 0 Å². The van der Waals surface area contributed by atoms with Crippen LogP contribution in [0.1, 0.15) is 27.2 Å². The quantitative estimate of drug-likeness (QED) is 0.664. The number of amidine groups is 1. The molecule has 0 atom stereocenters. The fraction of sp³-hybridized carbons (Fsp3) is 0.556. The Kier molecular flexibility index (Phi) is 3.02. The number of nitrogens with one attached hydrogen (secondary N) is 1. The fourth-order valence-corrected chi connectivity index (χ4v) is 1.05. The molecule has 1 N–H and O–H groups in total. The summed E-state index contributed by atoms with van der Waals surface area (Å²) in [6.07, 6.45) is 2.92. The molecule has 0 aromatic rings. The van der Waals surface area contributed by atoms with Gasteiger partial charge in [-0.2, -0.15) is 5.10 Å². The van der Waals surface area contributed by atoms with Crippen LogP contribution in [-0.4, -0.2) is 18.1 Å². The van der Waals surface area contributed by atoms with Crippen LogP contribution in [0.25, 0.3) is 0 Å². The van der Waals surface area contributed by atoms with Gasteiger partial charge in [0.1, 0.15) is 5.84 Å². The number of hydrogen-bond acceptors (Lipinski definition) is 2. The van der Waals surface area contributed by atoms with Gasteiger partial charge in [0.2, 0.25) is 0 Å². The summed E-state index contributed by atoms with van der Waals surface area (Å²) in [4.78, 5) is 4.25. The summed E-state index contributed by atoms with van der Waals surface area (Å²) in [6.45, 7) is 6.93. The summed E-state index contributed by atoms with van der Waals surface area (Å²) in [5.41, 5.74) is 5.25. The van der Waals surface area contributed by atoms with Gasteiger partial charge in [-0.25, -0.2) is 0 Å². The maximum atomic E-state index is 4.25. The van der Waals surface area contributed by atoms with Crippen molar-refractivity contribution in [2.75, 3.05) is 6.54 Å². The van der Waals surface area contributed by atoms with Crippen molar-refractivity contribution in [2.24, 2.45) is 10.1 Å². The molecule has 0 aromatic heterocycles. The van der Waals surface area contributed by atoms with Crippen molar-refractivity contribution in [3.05, 3.63) is 11.6 Å². The number of allylic oxidation sites excluding steroid dienone is 2. The van der Waals surface area contributed by atoms with Crippen molar-refractivity contribution in [1.29, 1.82) is 0 Å². The minimum Gasteiger partial charge on any atom is -0.271 e. The highest BCUT2D eigenvalue weighted by Crippen LogP contribution is 2.06. The van der Waals surface area contributed by atoms with Crippen LogP contribution in [0.3, 0.4) is 0 Å². The highest BCUT2D eigenvalue weighted by atomic mass is 15.3. The SMILES string of the molecule is C/C=C(\C)C1=NNC(=NCC)C1. The number of aliphatic imine (C=N–C) groups is 1. The largest absolute Gasteiger partial charge is 0.271 e. The average molecular weight is 165 g/mol. The Morgan fingerprint density at radius 3 is 3.08 bits per heavy atom. The molecule has 12 heavy (non-hydrogen) atoms. The van der Waals surface area contributed by atoms with Crippen LogP contribution < -0.4 is 5.43 Å². The highest BCUT2D eigenvalue weighted by Gasteiger charge is 2.12. The molecule has 0 radical (unpaired) electrons. The second-order valence-corrected chi connectivity index (χ2v) is 2.74. The predicted octanol–water partition coefficient (Wildman–Crippen LogP) is 1.72. The summed E-state index contributed by atoms with van der Waals surface area (Å²) < 4.78 is 0. The smallest absolute Gasteiger partial charge is 0.123 e. The Balaban J connectivity index is 2.60.